The molecule has 2 rings (SSSR count). The van der Waals surface area contributed by atoms with E-state index in [1.807, 2.05) is 6.92 Å². The van der Waals surface area contributed by atoms with E-state index in [9.17, 15) is 14.9 Å². The van der Waals surface area contributed by atoms with Crippen molar-refractivity contribution < 1.29 is 14.5 Å². The van der Waals surface area contributed by atoms with Gasteiger partial charge in [0.05, 0.1) is 0 Å². The SMILES string of the molecule is CCC1Oc2ccc([N+](=O)[O-])nc2N(CC)C1=O. The summed E-state index contributed by atoms with van der Waals surface area (Å²) in [5.74, 6) is 0.134. The van der Waals surface area contributed by atoms with Crippen molar-refractivity contribution in [2.75, 3.05) is 11.4 Å². The van der Waals surface area contributed by atoms with Crippen LogP contribution >= 0.6 is 0 Å². The molecule has 18 heavy (non-hydrogen) atoms. The molecule has 1 aliphatic rings. The third-order valence-electron chi connectivity index (χ3n) is 2.77. The highest BCUT2D eigenvalue weighted by molar-refractivity contribution is 5.99. The highest BCUT2D eigenvalue weighted by Crippen LogP contribution is 2.34. The van der Waals surface area contributed by atoms with Gasteiger partial charge in [-0.1, -0.05) is 6.92 Å². The lowest BCUT2D eigenvalue weighted by Crippen LogP contribution is -2.46. The number of anilines is 1. The van der Waals surface area contributed by atoms with E-state index in [0.29, 0.717) is 18.7 Å². The van der Waals surface area contributed by atoms with E-state index in [2.05, 4.69) is 4.98 Å². The molecule has 0 saturated carbocycles. The summed E-state index contributed by atoms with van der Waals surface area (Å²) in [7, 11) is 0. The lowest BCUT2D eigenvalue weighted by atomic mass is 10.2. The molecule has 0 bridgehead atoms. The Balaban J connectivity index is 2.49. The van der Waals surface area contributed by atoms with Crippen LogP contribution in [-0.4, -0.2) is 28.5 Å². The number of nitrogens with zero attached hydrogens (tertiary/aromatic N) is 3. The molecular weight excluding hydrogens is 238 g/mol. The molecule has 0 N–H and O–H groups in total. The molecule has 0 fully saturated rings. The Morgan fingerprint density at radius 2 is 2.22 bits per heavy atom. The van der Waals surface area contributed by atoms with Crippen molar-refractivity contribution in [3.05, 3.63) is 22.2 Å². The first-order valence-electron chi connectivity index (χ1n) is 5.72. The number of carbonyl (C=O) groups excluding carboxylic acids is 1. The van der Waals surface area contributed by atoms with E-state index in [1.54, 1.807) is 6.92 Å². The molecule has 1 aromatic rings. The fraction of sp³-hybridized carbons (Fsp3) is 0.455. The maximum atomic E-state index is 12.0. The second-order valence-electron chi connectivity index (χ2n) is 3.85. The van der Waals surface area contributed by atoms with Crippen molar-refractivity contribution in [1.29, 1.82) is 0 Å². The van der Waals surface area contributed by atoms with Crippen LogP contribution in [0.4, 0.5) is 11.6 Å². The van der Waals surface area contributed by atoms with Crippen LogP contribution in [0.2, 0.25) is 0 Å². The third-order valence-corrected chi connectivity index (χ3v) is 2.77. The van der Waals surface area contributed by atoms with Crippen LogP contribution in [0.5, 0.6) is 5.75 Å². The molecule has 7 heteroatoms. The molecule has 0 radical (unpaired) electrons. The van der Waals surface area contributed by atoms with Gasteiger partial charge in [0, 0.05) is 12.6 Å². The first-order chi connectivity index (χ1) is 8.58. The standard InChI is InChI=1S/C11H13N3O4/c1-3-7-11(15)13(4-2)10-8(18-7)5-6-9(12-10)14(16)17/h5-7H,3-4H2,1-2H3. The van der Waals surface area contributed by atoms with Gasteiger partial charge < -0.3 is 14.9 Å². The van der Waals surface area contributed by atoms with Gasteiger partial charge in [0.25, 0.3) is 11.7 Å². The predicted octanol–water partition coefficient (Wildman–Crippen LogP) is 1.51. The van der Waals surface area contributed by atoms with E-state index >= 15 is 0 Å². The van der Waals surface area contributed by atoms with Gasteiger partial charge in [-0.2, -0.15) is 0 Å². The number of carbonyl (C=O) groups is 1. The first kappa shape index (κ1) is 12.3. The smallest absolute Gasteiger partial charge is 0.366 e. The van der Waals surface area contributed by atoms with Gasteiger partial charge in [0.15, 0.2) is 11.9 Å². The molecule has 1 aliphatic heterocycles. The van der Waals surface area contributed by atoms with E-state index in [0.717, 1.165) is 0 Å². The molecule has 0 spiro atoms. The topological polar surface area (TPSA) is 85.6 Å². The Bertz CT molecular complexity index is 503. The summed E-state index contributed by atoms with van der Waals surface area (Å²) in [5.41, 5.74) is 0. The van der Waals surface area contributed by atoms with Crippen LogP contribution in [0, 0.1) is 10.1 Å². The maximum Gasteiger partial charge on any atom is 0.366 e. The zero-order chi connectivity index (χ0) is 13.3. The monoisotopic (exact) mass is 251 g/mol. The lowest BCUT2D eigenvalue weighted by Gasteiger charge is -2.29. The van der Waals surface area contributed by atoms with Crippen molar-refractivity contribution in [1.82, 2.24) is 4.98 Å². The van der Waals surface area contributed by atoms with E-state index in [-0.39, 0.29) is 17.5 Å². The number of aromatic nitrogens is 1. The fourth-order valence-corrected chi connectivity index (χ4v) is 1.86. The zero-order valence-corrected chi connectivity index (χ0v) is 10.1. The Hall–Kier alpha value is -2.18. The van der Waals surface area contributed by atoms with Gasteiger partial charge in [-0.3, -0.25) is 9.69 Å². The minimum atomic E-state index is -0.593. The second-order valence-corrected chi connectivity index (χ2v) is 3.85. The zero-order valence-electron chi connectivity index (χ0n) is 10.1. The summed E-state index contributed by atoms with van der Waals surface area (Å²) in [5, 5.41) is 10.7. The van der Waals surface area contributed by atoms with Crippen LogP contribution in [0.1, 0.15) is 20.3 Å². The molecule has 1 unspecified atom stereocenters. The number of hydrogen-bond donors (Lipinski definition) is 0. The predicted molar refractivity (Wildman–Crippen MR) is 63.6 cm³/mol. The van der Waals surface area contributed by atoms with Gasteiger partial charge in [0.1, 0.15) is 0 Å². The van der Waals surface area contributed by atoms with Crippen molar-refractivity contribution in [2.45, 2.75) is 26.4 Å². The summed E-state index contributed by atoms with van der Waals surface area (Å²) >= 11 is 0. The van der Waals surface area contributed by atoms with Gasteiger partial charge in [-0.05, 0) is 29.3 Å². The van der Waals surface area contributed by atoms with Crippen LogP contribution in [-0.2, 0) is 4.79 Å². The number of fused-ring (bicyclic) bond motifs is 1. The van der Waals surface area contributed by atoms with Crippen LogP contribution in [0.3, 0.4) is 0 Å². The number of rotatable bonds is 3. The quantitative estimate of drug-likeness (QED) is 0.600. The number of likely N-dealkylation sites (N-methyl/N-ethyl adjacent to an activating group) is 1. The molecule has 1 aromatic heterocycles. The van der Waals surface area contributed by atoms with Gasteiger partial charge in [0.2, 0.25) is 0 Å². The van der Waals surface area contributed by atoms with Crippen LogP contribution in [0.15, 0.2) is 12.1 Å². The second kappa shape index (κ2) is 4.59. The highest BCUT2D eigenvalue weighted by atomic mass is 16.6. The van der Waals surface area contributed by atoms with E-state index < -0.39 is 11.0 Å². The fourth-order valence-electron chi connectivity index (χ4n) is 1.86. The molecule has 1 amide bonds. The molecular formula is C11H13N3O4. The van der Waals surface area contributed by atoms with Gasteiger partial charge in [-0.25, -0.2) is 0 Å². The normalized spacial score (nSPS) is 18.2. The van der Waals surface area contributed by atoms with Crippen molar-refractivity contribution in [2.24, 2.45) is 0 Å². The lowest BCUT2D eigenvalue weighted by molar-refractivity contribution is -0.389. The highest BCUT2D eigenvalue weighted by Gasteiger charge is 2.37. The van der Waals surface area contributed by atoms with Gasteiger partial charge >= 0.3 is 5.82 Å². The molecule has 2 heterocycles. The number of nitro groups is 1. The minimum Gasteiger partial charge on any atom is -0.474 e. The van der Waals surface area contributed by atoms with Crippen molar-refractivity contribution >= 4 is 17.5 Å². The Labute approximate surface area is 104 Å². The number of pyridine rings is 1. The largest absolute Gasteiger partial charge is 0.474 e. The van der Waals surface area contributed by atoms with Crippen molar-refractivity contribution in [3.63, 3.8) is 0 Å². The number of ether oxygens (including phenoxy) is 1. The molecule has 96 valence electrons. The molecule has 1 atom stereocenters. The minimum absolute atomic E-state index is 0.208. The van der Waals surface area contributed by atoms with E-state index in [1.165, 1.54) is 17.0 Å². The average molecular weight is 251 g/mol. The van der Waals surface area contributed by atoms with Crippen molar-refractivity contribution in [3.8, 4) is 5.75 Å². The maximum absolute atomic E-state index is 12.0. The summed E-state index contributed by atoms with van der Waals surface area (Å²) in [6.45, 7) is 4.04. The first-order valence-corrected chi connectivity index (χ1v) is 5.72. The third kappa shape index (κ3) is 1.87. The molecule has 0 saturated heterocycles. The van der Waals surface area contributed by atoms with Gasteiger partial charge in [-0.15, -0.1) is 0 Å². The van der Waals surface area contributed by atoms with Crippen LogP contribution < -0.4 is 9.64 Å². The summed E-state index contributed by atoms with van der Waals surface area (Å²) < 4.78 is 5.48. The molecule has 0 aromatic carbocycles. The molecule has 0 aliphatic carbocycles. The molecule has 7 nitrogen and oxygen atoms in total. The summed E-state index contributed by atoms with van der Waals surface area (Å²) in [6.07, 6.45) is 0.00637. The summed E-state index contributed by atoms with van der Waals surface area (Å²) in [4.78, 5) is 27.4. The van der Waals surface area contributed by atoms with E-state index in [4.69, 9.17) is 4.74 Å². The summed E-state index contributed by atoms with van der Waals surface area (Å²) in [6, 6.07) is 2.76. The average Bonchev–Trinajstić information content (AvgIpc) is 2.37. The number of amides is 1. The van der Waals surface area contributed by atoms with Crippen LogP contribution in [0.25, 0.3) is 0 Å². The Kier molecular flexibility index (Phi) is 3.14. The number of hydrogen-bond acceptors (Lipinski definition) is 5. The Morgan fingerprint density at radius 1 is 1.50 bits per heavy atom. The Morgan fingerprint density at radius 3 is 2.78 bits per heavy atom.